The van der Waals surface area contributed by atoms with Crippen LogP contribution in [0.4, 0.5) is 0 Å². The van der Waals surface area contributed by atoms with Gasteiger partial charge >= 0.3 is 5.69 Å². The maximum absolute atomic E-state index is 11.5. The quantitative estimate of drug-likeness (QED) is 0.762. The molecule has 3 N–H and O–H groups in total. The smallest absolute Gasteiger partial charge is 0.326 e. The number of nitrogens with zero attached hydrogens (tertiary/aromatic N) is 1. The summed E-state index contributed by atoms with van der Waals surface area (Å²) in [6.07, 6.45) is 1.78. The van der Waals surface area contributed by atoms with Gasteiger partial charge in [-0.1, -0.05) is 12.1 Å². The van der Waals surface area contributed by atoms with Crippen LogP contribution in [0.15, 0.2) is 35.3 Å². The minimum atomic E-state index is -0.123. The fourth-order valence-electron chi connectivity index (χ4n) is 1.54. The summed E-state index contributed by atoms with van der Waals surface area (Å²) in [7, 11) is 0. The molecule has 2 rings (SSSR count). The zero-order valence-corrected chi connectivity index (χ0v) is 8.53. The normalized spacial score (nSPS) is 10.5. The van der Waals surface area contributed by atoms with E-state index in [0.29, 0.717) is 6.54 Å². The third-order valence-electron chi connectivity index (χ3n) is 2.27. The number of aromatic amines is 1. The molecule has 78 valence electrons. The lowest BCUT2D eigenvalue weighted by Gasteiger charge is -2.02. The number of H-pyrrole nitrogens is 1. The number of rotatable bonds is 2. The van der Waals surface area contributed by atoms with Crippen molar-refractivity contribution in [2.24, 2.45) is 5.73 Å². The van der Waals surface area contributed by atoms with E-state index in [4.69, 9.17) is 5.73 Å². The molecule has 0 spiro atoms. The van der Waals surface area contributed by atoms with Crippen molar-refractivity contribution in [3.8, 4) is 5.69 Å². The molecular formula is C11H13N3O. The number of hydrogen-bond acceptors (Lipinski definition) is 2. The second-order valence-corrected chi connectivity index (χ2v) is 3.49. The first-order valence-electron chi connectivity index (χ1n) is 4.78. The van der Waals surface area contributed by atoms with Gasteiger partial charge in [-0.05, 0) is 24.6 Å². The van der Waals surface area contributed by atoms with Gasteiger partial charge in [0.15, 0.2) is 0 Å². The molecule has 0 aliphatic heterocycles. The van der Waals surface area contributed by atoms with E-state index in [2.05, 4.69) is 4.98 Å². The van der Waals surface area contributed by atoms with Gasteiger partial charge in [0.1, 0.15) is 0 Å². The van der Waals surface area contributed by atoms with E-state index in [0.717, 1.165) is 16.9 Å². The van der Waals surface area contributed by atoms with E-state index in [1.54, 1.807) is 10.8 Å². The Hall–Kier alpha value is -1.81. The fourth-order valence-corrected chi connectivity index (χ4v) is 1.54. The average Bonchev–Trinajstić information content (AvgIpc) is 2.58. The van der Waals surface area contributed by atoms with Crippen molar-refractivity contribution in [1.29, 1.82) is 0 Å². The minimum Gasteiger partial charge on any atom is -0.326 e. The summed E-state index contributed by atoms with van der Waals surface area (Å²) in [4.78, 5) is 14.2. The van der Waals surface area contributed by atoms with Crippen molar-refractivity contribution >= 4 is 0 Å². The molecule has 1 aromatic heterocycles. The monoisotopic (exact) mass is 203 g/mol. The van der Waals surface area contributed by atoms with Crippen LogP contribution in [-0.4, -0.2) is 9.55 Å². The number of aryl methyl sites for hydroxylation is 1. The molecule has 1 heterocycles. The van der Waals surface area contributed by atoms with Crippen LogP contribution in [0.5, 0.6) is 0 Å². The zero-order chi connectivity index (χ0) is 10.8. The minimum absolute atomic E-state index is 0.123. The predicted molar refractivity (Wildman–Crippen MR) is 59.0 cm³/mol. The summed E-state index contributed by atoms with van der Waals surface area (Å²) < 4.78 is 1.58. The summed E-state index contributed by atoms with van der Waals surface area (Å²) >= 11 is 0. The Bertz CT molecular complexity index is 525. The van der Waals surface area contributed by atoms with Gasteiger partial charge in [0.2, 0.25) is 0 Å². The van der Waals surface area contributed by atoms with Gasteiger partial charge in [0, 0.05) is 18.4 Å². The van der Waals surface area contributed by atoms with Crippen LogP contribution in [0.1, 0.15) is 11.3 Å². The van der Waals surface area contributed by atoms with E-state index >= 15 is 0 Å². The molecule has 0 radical (unpaired) electrons. The first-order valence-corrected chi connectivity index (χ1v) is 4.78. The topological polar surface area (TPSA) is 63.8 Å². The highest BCUT2D eigenvalue weighted by atomic mass is 16.1. The molecule has 0 saturated heterocycles. The Morgan fingerprint density at radius 3 is 2.87 bits per heavy atom. The van der Waals surface area contributed by atoms with Crippen LogP contribution in [-0.2, 0) is 6.54 Å². The van der Waals surface area contributed by atoms with Gasteiger partial charge in [-0.3, -0.25) is 4.57 Å². The van der Waals surface area contributed by atoms with Crippen molar-refractivity contribution in [3.05, 3.63) is 52.2 Å². The molecule has 4 heteroatoms. The first kappa shape index (κ1) is 9.73. The van der Waals surface area contributed by atoms with Gasteiger partial charge in [0.05, 0.1) is 5.69 Å². The summed E-state index contributed by atoms with van der Waals surface area (Å²) in [5, 5.41) is 0. The summed E-state index contributed by atoms with van der Waals surface area (Å²) in [6, 6.07) is 7.63. The Morgan fingerprint density at radius 1 is 1.47 bits per heavy atom. The highest BCUT2D eigenvalue weighted by Gasteiger charge is 2.02. The molecule has 0 saturated carbocycles. The Labute approximate surface area is 87.4 Å². The van der Waals surface area contributed by atoms with Crippen molar-refractivity contribution in [2.45, 2.75) is 13.5 Å². The number of aromatic nitrogens is 2. The van der Waals surface area contributed by atoms with E-state index < -0.39 is 0 Å². The lowest BCUT2D eigenvalue weighted by molar-refractivity contribution is 0.974. The molecule has 1 aromatic carbocycles. The third kappa shape index (κ3) is 1.85. The van der Waals surface area contributed by atoms with E-state index in [1.165, 1.54) is 0 Å². The maximum Gasteiger partial charge on any atom is 0.330 e. The van der Waals surface area contributed by atoms with E-state index in [1.807, 2.05) is 31.2 Å². The van der Waals surface area contributed by atoms with E-state index in [-0.39, 0.29) is 5.69 Å². The maximum atomic E-state index is 11.5. The zero-order valence-electron chi connectivity index (χ0n) is 8.53. The molecule has 0 unspecified atom stereocenters. The van der Waals surface area contributed by atoms with Crippen LogP contribution in [0.25, 0.3) is 5.69 Å². The van der Waals surface area contributed by atoms with Gasteiger partial charge in [-0.25, -0.2) is 4.79 Å². The Kier molecular flexibility index (Phi) is 2.43. The number of imidazole rings is 1. The summed E-state index contributed by atoms with van der Waals surface area (Å²) in [5.74, 6) is 0. The highest BCUT2D eigenvalue weighted by molar-refractivity contribution is 5.36. The fraction of sp³-hybridized carbons (Fsp3) is 0.182. The molecule has 0 amide bonds. The lowest BCUT2D eigenvalue weighted by Crippen LogP contribution is -2.14. The Morgan fingerprint density at radius 2 is 2.27 bits per heavy atom. The SMILES string of the molecule is Cc1cn(-c2cccc(CN)c2)c(=O)[nH]1. The van der Waals surface area contributed by atoms with Gasteiger partial charge in [0.25, 0.3) is 0 Å². The van der Waals surface area contributed by atoms with Crippen molar-refractivity contribution in [1.82, 2.24) is 9.55 Å². The number of nitrogens with one attached hydrogen (secondary N) is 1. The second-order valence-electron chi connectivity index (χ2n) is 3.49. The molecule has 2 aromatic rings. The van der Waals surface area contributed by atoms with E-state index in [9.17, 15) is 4.79 Å². The van der Waals surface area contributed by atoms with Crippen LogP contribution in [0.3, 0.4) is 0 Å². The molecule has 0 aliphatic rings. The molecule has 0 fully saturated rings. The molecule has 15 heavy (non-hydrogen) atoms. The predicted octanol–water partition coefficient (Wildman–Crippen LogP) is 0.933. The lowest BCUT2D eigenvalue weighted by atomic mass is 10.2. The average molecular weight is 203 g/mol. The summed E-state index contributed by atoms with van der Waals surface area (Å²) in [5.41, 5.74) is 8.12. The molecular weight excluding hydrogens is 190 g/mol. The van der Waals surface area contributed by atoms with Crippen molar-refractivity contribution < 1.29 is 0 Å². The van der Waals surface area contributed by atoms with Crippen LogP contribution in [0.2, 0.25) is 0 Å². The number of hydrogen-bond donors (Lipinski definition) is 2. The third-order valence-corrected chi connectivity index (χ3v) is 2.27. The van der Waals surface area contributed by atoms with Gasteiger partial charge < -0.3 is 10.7 Å². The van der Waals surface area contributed by atoms with Gasteiger partial charge in [-0.15, -0.1) is 0 Å². The molecule has 0 atom stereocenters. The van der Waals surface area contributed by atoms with Crippen molar-refractivity contribution in [2.75, 3.05) is 0 Å². The largest absolute Gasteiger partial charge is 0.330 e. The first-order chi connectivity index (χ1) is 7.20. The van der Waals surface area contributed by atoms with Crippen LogP contribution in [0, 0.1) is 6.92 Å². The number of nitrogens with two attached hydrogens (primary N) is 1. The second kappa shape index (κ2) is 3.74. The number of benzene rings is 1. The standard InChI is InChI=1S/C11H13N3O/c1-8-7-14(11(15)13-8)10-4-2-3-9(5-10)6-12/h2-5,7H,6,12H2,1H3,(H,13,15). The van der Waals surface area contributed by atoms with Crippen molar-refractivity contribution in [3.63, 3.8) is 0 Å². The highest BCUT2D eigenvalue weighted by Crippen LogP contribution is 2.08. The molecule has 0 aliphatic carbocycles. The van der Waals surface area contributed by atoms with Crippen LogP contribution >= 0.6 is 0 Å². The Balaban J connectivity index is 2.53. The summed E-state index contributed by atoms with van der Waals surface area (Å²) in [6.45, 7) is 2.33. The van der Waals surface area contributed by atoms with Gasteiger partial charge in [-0.2, -0.15) is 0 Å². The molecule has 4 nitrogen and oxygen atoms in total. The van der Waals surface area contributed by atoms with Crippen LogP contribution < -0.4 is 11.4 Å². The molecule has 0 bridgehead atoms.